The first-order chi connectivity index (χ1) is 12.7. The maximum Gasteiger partial charge on any atom is 0.410 e. The number of nitrogens with zero attached hydrogens (tertiary/aromatic N) is 3. The van der Waals surface area contributed by atoms with E-state index in [1.807, 2.05) is 20.8 Å². The molecule has 0 bridgehead atoms. The number of piperidine rings is 1. The van der Waals surface area contributed by atoms with Crippen LogP contribution in [0.1, 0.15) is 39.4 Å². The quantitative estimate of drug-likeness (QED) is 0.893. The second kappa shape index (κ2) is 7.54. The van der Waals surface area contributed by atoms with Gasteiger partial charge in [0.1, 0.15) is 17.2 Å². The van der Waals surface area contributed by atoms with Crippen LogP contribution in [0.3, 0.4) is 0 Å². The van der Waals surface area contributed by atoms with Gasteiger partial charge in [0, 0.05) is 19.5 Å². The molecule has 0 saturated carbocycles. The Morgan fingerprint density at radius 2 is 2.11 bits per heavy atom. The van der Waals surface area contributed by atoms with Gasteiger partial charge in [0.25, 0.3) is 0 Å². The number of hydrogen-bond acceptors (Lipinski definition) is 4. The fourth-order valence-corrected chi connectivity index (χ4v) is 3.33. The highest BCUT2D eigenvalue weighted by molar-refractivity contribution is 5.68. The highest BCUT2D eigenvalue weighted by Crippen LogP contribution is 2.23. The van der Waals surface area contributed by atoms with Crippen molar-refractivity contribution in [2.24, 2.45) is 5.92 Å². The van der Waals surface area contributed by atoms with Crippen LogP contribution in [0.4, 0.5) is 9.18 Å². The van der Waals surface area contributed by atoms with Gasteiger partial charge in [-0.2, -0.15) is 5.10 Å². The molecule has 146 valence electrons. The Bertz CT molecular complexity index is 868. The molecule has 2 aromatic rings. The summed E-state index contributed by atoms with van der Waals surface area (Å²) in [6.07, 6.45) is 1.88. The summed E-state index contributed by atoms with van der Waals surface area (Å²) in [7, 11) is 0. The summed E-state index contributed by atoms with van der Waals surface area (Å²) >= 11 is 0. The molecule has 1 aromatic heterocycles. The first kappa shape index (κ1) is 19.1. The van der Waals surface area contributed by atoms with Gasteiger partial charge in [-0.05, 0) is 51.7 Å². The molecule has 3 rings (SSSR count). The first-order valence-electron chi connectivity index (χ1n) is 9.14. The van der Waals surface area contributed by atoms with Gasteiger partial charge < -0.3 is 9.64 Å². The summed E-state index contributed by atoms with van der Waals surface area (Å²) in [5, 5.41) is 6.48. The van der Waals surface area contributed by atoms with Crippen molar-refractivity contribution in [3.63, 3.8) is 0 Å². The summed E-state index contributed by atoms with van der Waals surface area (Å²) < 4.78 is 20.9. The number of aromatic amines is 1. The van der Waals surface area contributed by atoms with Gasteiger partial charge in [-0.3, -0.25) is 0 Å². The molecule has 0 aliphatic carbocycles. The van der Waals surface area contributed by atoms with Crippen molar-refractivity contribution in [1.29, 1.82) is 0 Å². The standard InChI is InChI=1S/C19H25FN4O3/c1-19(2,3)27-18(26)23-10-6-7-13(12-23)11-16-21-22-17(25)24(16)15-9-5-4-8-14(15)20/h4-5,8-9,13H,6-7,10-12H2,1-3H3,(H,22,25)/t13-/m1/s1. The van der Waals surface area contributed by atoms with Crippen LogP contribution < -0.4 is 5.69 Å². The molecule has 1 fully saturated rings. The van der Waals surface area contributed by atoms with Crippen LogP contribution in [0, 0.1) is 11.7 Å². The topological polar surface area (TPSA) is 80.2 Å². The van der Waals surface area contributed by atoms with Gasteiger partial charge >= 0.3 is 11.8 Å². The van der Waals surface area contributed by atoms with E-state index in [1.165, 1.54) is 10.6 Å². The van der Waals surface area contributed by atoms with E-state index < -0.39 is 17.1 Å². The number of nitrogens with one attached hydrogen (secondary N) is 1. The Balaban J connectivity index is 1.76. The summed E-state index contributed by atoms with van der Waals surface area (Å²) in [5.74, 6) is 0.0920. The van der Waals surface area contributed by atoms with Crippen molar-refractivity contribution in [3.8, 4) is 5.69 Å². The molecule has 0 unspecified atom stereocenters. The number of likely N-dealkylation sites (tertiary alicyclic amines) is 1. The van der Waals surface area contributed by atoms with Gasteiger partial charge in [0.05, 0.1) is 5.69 Å². The van der Waals surface area contributed by atoms with E-state index in [1.54, 1.807) is 23.1 Å². The number of ether oxygens (including phenoxy) is 1. The molecule has 1 saturated heterocycles. The Morgan fingerprint density at radius 3 is 2.81 bits per heavy atom. The molecule has 0 radical (unpaired) electrons. The zero-order valence-corrected chi connectivity index (χ0v) is 15.9. The molecule has 1 aliphatic heterocycles. The fraction of sp³-hybridized carbons (Fsp3) is 0.526. The predicted molar refractivity (Wildman–Crippen MR) is 98.4 cm³/mol. The molecule has 0 spiro atoms. The number of benzene rings is 1. The number of rotatable bonds is 3. The molecule has 7 nitrogen and oxygen atoms in total. The van der Waals surface area contributed by atoms with Crippen LogP contribution in [0.25, 0.3) is 5.69 Å². The van der Waals surface area contributed by atoms with Gasteiger partial charge in [-0.15, -0.1) is 0 Å². The second-order valence-corrected chi connectivity index (χ2v) is 7.87. The SMILES string of the molecule is CC(C)(C)OC(=O)N1CCC[C@H](Cc2n[nH]c(=O)n2-c2ccccc2F)C1. The number of carbonyl (C=O) groups excluding carboxylic acids is 1. The van der Waals surface area contributed by atoms with Crippen molar-refractivity contribution >= 4 is 6.09 Å². The monoisotopic (exact) mass is 376 g/mol. The van der Waals surface area contributed by atoms with Crippen molar-refractivity contribution in [2.45, 2.75) is 45.6 Å². The molecule has 8 heteroatoms. The summed E-state index contributed by atoms with van der Waals surface area (Å²) in [6.45, 7) is 6.68. The predicted octanol–water partition coefficient (Wildman–Crippen LogP) is 2.89. The number of amides is 1. The third kappa shape index (κ3) is 4.56. The first-order valence-corrected chi connectivity index (χ1v) is 9.14. The zero-order chi connectivity index (χ0) is 19.6. The average Bonchev–Trinajstić information content (AvgIpc) is 2.94. The van der Waals surface area contributed by atoms with E-state index in [2.05, 4.69) is 10.2 Å². The minimum Gasteiger partial charge on any atom is -0.444 e. The molecule has 1 aromatic carbocycles. The lowest BCUT2D eigenvalue weighted by atomic mass is 9.94. The number of H-pyrrole nitrogens is 1. The lowest BCUT2D eigenvalue weighted by molar-refractivity contribution is 0.0165. The van der Waals surface area contributed by atoms with Crippen LogP contribution in [0.2, 0.25) is 0 Å². The molecule has 1 N–H and O–H groups in total. The number of halogens is 1. The minimum atomic E-state index is -0.544. The van der Waals surface area contributed by atoms with E-state index in [4.69, 9.17) is 4.74 Å². The van der Waals surface area contributed by atoms with E-state index in [9.17, 15) is 14.0 Å². The van der Waals surface area contributed by atoms with Crippen LogP contribution in [0.5, 0.6) is 0 Å². The van der Waals surface area contributed by atoms with Gasteiger partial charge in [-0.1, -0.05) is 12.1 Å². The Labute approximate surface area is 157 Å². The highest BCUT2D eigenvalue weighted by atomic mass is 19.1. The van der Waals surface area contributed by atoms with Gasteiger partial charge in [0.15, 0.2) is 0 Å². The lowest BCUT2D eigenvalue weighted by Crippen LogP contribution is -2.43. The Hall–Kier alpha value is -2.64. The van der Waals surface area contributed by atoms with Crippen LogP contribution in [0.15, 0.2) is 29.1 Å². The fourth-order valence-electron chi connectivity index (χ4n) is 3.33. The van der Waals surface area contributed by atoms with E-state index in [0.29, 0.717) is 25.3 Å². The highest BCUT2D eigenvalue weighted by Gasteiger charge is 2.29. The van der Waals surface area contributed by atoms with Crippen molar-refractivity contribution in [3.05, 3.63) is 46.4 Å². The Kier molecular flexibility index (Phi) is 5.34. The van der Waals surface area contributed by atoms with Crippen LogP contribution in [-0.4, -0.2) is 44.4 Å². The molecule has 2 heterocycles. The summed E-state index contributed by atoms with van der Waals surface area (Å²) in [5.41, 5.74) is -0.849. The number of carbonyl (C=O) groups is 1. The molecule has 1 amide bonds. The van der Waals surface area contributed by atoms with Gasteiger partial charge in [-0.25, -0.2) is 23.6 Å². The van der Waals surface area contributed by atoms with E-state index in [-0.39, 0.29) is 17.7 Å². The van der Waals surface area contributed by atoms with Crippen molar-refractivity contribution in [2.75, 3.05) is 13.1 Å². The smallest absolute Gasteiger partial charge is 0.410 e. The third-order valence-corrected chi connectivity index (χ3v) is 4.48. The average molecular weight is 376 g/mol. The number of aromatic nitrogens is 3. The maximum absolute atomic E-state index is 14.1. The summed E-state index contributed by atoms with van der Waals surface area (Å²) in [4.78, 5) is 26.2. The molecule has 1 atom stereocenters. The van der Waals surface area contributed by atoms with E-state index >= 15 is 0 Å². The number of hydrogen-bond donors (Lipinski definition) is 1. The lowest BCUT2D eigenvalue weighted by Gasteiger charge is -2.34. The Morgan fingerprint density at radius 1 is 1.37 bits per heavy atom. The number of para-hydroxylation sites is 1. The molecular formula is C19H25FN4O3. The van der Waals surface area contributed by atoms with Crippen LogP contribution in [-0.2, 0) is 11.2 Å². The largest absolute Gasteiger partial charge is 0.444 e. The van der Waals surface area contributed by atoms with E-state index in [0.717, 1.165) is 12.8 Å². The molecule has 27 heavy (non-hydrogen) atoms. The van der Waals surface area contributed by atoms with Crippen molar-refractivity contribution < 1.29 is 13.9 Å². The third-order valence-electron chi connectivity index (χ3n) is 4.48. The van der Waals surface area contributed by atoms with Gasteiger partial charge in [0.2, 0.25) is 0 Å². The normalized spacial score (nSPS) is 17.8. The van der Waals surface area contributed by atoms with Crippen LogP contribution >= 0.6 is 0 Å². The van der Waals surface area contributed by atoms with Crippen molar-refractivity contribution in [1.82, 2.24) is 19.7 Å². The maximum atomic E-state index is 14.1. The summed E-state index contributed by atoms with van der Waals surface area (Å²) in [6, 6.07) is 6.10. The second-order valence-electron chi connectivity index (χ2n) is 7.87. The zero-order valence-electron chi connectivity index (χ0n) is 15.9. The molecular weight excluding hydrogens is 351 g/mol. The minimum absolute atomic E-state index is 0.118. The molecule has 1 aliphatic rings.